The molecule has 0 saturated carbocycles. The van der Waals surface area contributed by atoms with Crippen molar-refractivity contribution in [2.75, 3.05) is 11.4 Å². The Bertz CT molecular complexity index is 474. The first-order chi connectivity index (χ1) is 8.43. The summed E-state index contributed by atoms with van der Waals surface area (Å²) in [6.45, 7) is -0.121. The van der Waals surface area contributed by atoms with Crippen LogP contribution in [-0.2, 0) is 17.6 Å². The number of carbonyl (C=O) groups excluding carboxylic acids is 1. The summed E-state index contributed by atoms with van der Waals surface area (Å²) in [7, 11) is 0. The molecule has 1 N–H and O–H groups in total. The van der Waals surface area contributed by atoms with Gasteiger partial charge in [-0.05, 0) is 12.5 Å². The summed E-state index contributed by atoms with van der Waals surface area (Å²) in [5.41, 5.74) is -0.748. The van der Waals surface area contributed by atoms with Crippen molar-refractivity contribution in [3.05, 3.63) is 23.5 Å². The molecule has 0 atom stereocenters. The Morgan fingerprint density at radius 3 is 2.67 bits per heavy atom. The fraction of sp³-hybridized carbons (Fsp3) is 0.455. The van der Waals surface area contributed by atoms with E-state index in [1.807, 2.05) is 0 Å². The van der Waals surface area contributed by atoms with E-state index in [1.165, 1.54) is 4.90 Å². The van der Waals surface area contributed by atoms with E-state index < -0.39 is 18.5 Å². The molecule has 1 saturated heterocycles. The molecule has 1 fully saturated rings. The molecule has 1 aliphatic rings. The van der Waals surface area contributed by atoms with Crippen molar-refractivity contribution in [2.45, 2.75) is 25.6 Å². The molecule has 0 radical (unpaired) electrons. The van der Waals surface area contributed by atoms with E-state index in [-0.39, 0.29) is 17.2 Å². The number of aliphatic hydroxyl groups excluding tert-OH is 1. The Morgan fingerprint density at radius 1 is 1.44 bits per heavy atom. The molecular formula is C11H11F3N2O2. The largest absolute Gasteiger partial charge is 0.433 e. The molecule has 0 spiro atoms. The summed E-state index contributed by atoms with van der Waals surface area (Å²) in [5.74, 6) is -0.161. The second-order valence-corrected chi connectivity index (χ2v) is 4.00. The topological polar surface area (TPSA) is 53.4 Å². The highest BCUT2D eigenvalue weighted by Gasteiger charge is 2.34. The van der Waals surface area contributed by atoms with Crippen molar-refractivity contribution in [2.24, 2.45) is 0 Å². The van der Waals surface area contributed by atoms with Crippen LogP contribution in [0.25, 0.3) is 0 Å². The second-order valence-electron chi connectivity index (χ2n) is 4.00. The van der Waals surface area contributed by atoms with Crippen LogP contribution in [0.4, 0.5) is 18.9 Å². The van der Waals surface area contributed by atoms with Gasteiger partial charge < -0.3 is 10.0 Å². The Hall–Kier alpha value is -1.63. The summed E-state index contributed by atoms with van der Waals surface area (Å²) in [5, 5.41) is 9.12. The van der Waals surface area contributed by atoms with Gasteiger partial charge in [-0.1, -0.05) is 0 Å². The van der Waals surface area contributed by atoms with Gasteiger partial charge in [-0.25, -0.2) is 4.98 Å². The number of anilines is 1. The Morgan fingerprint density at radius 2 is 2.17 bits per heavy atom. The number of amides is 1. The van der Waals surface area contributed by atoms with Crippen LogP contribution in [0.2, 0.25) is 0 Å². The quantitative estimate of drug-likeness (QED) is 0.880. The molecule has 1 aromatic heterocycles. The van der Waals surface area contributed by atoms with E-state index in [2.05, 4.69) is 4.98 Å². The summed E-state index contributed by atoms with van der Waals surface area (Å²) in [6, 6.07) is 0.779. The van der Waals surface area contributed by atoms with E-state index in [4.69, 9.17) is 5.11 Å². The number of aliphatic hydroxyl groups is 1. The third kappa shape index (κ3) is 2.31. The average molecular weight is 260 g/mol. The van der Waals surface area contributed by atoms with Gasteiger partial charge in [-0.3, -0.25) is 4.79 Å². The Labute approximate surface area is 101 Å². The first-order valence-electron chi connectivity index (χ1n) is 5.41. The molecule has 18 heavy (non-hydrogen) atoms. The Balaban J connectivity index is 2.40. The minimum atomic E-state index is -4.56. The van der Waals surface area contributed by atoms with Crippen LogP contribution < -0.4 is 4.90 Å². The van der Waals surface area contributed by atoms with Gasteiger partial charge in [0.05, 0.1) is 18.5 Å². The van der Waals surface area contributed by atoms with Gasteiger partial charge in [0, 0.05) is 18.5 Å². The number of alkyl halides is 3. The molecule has 1 aliphatic heterocycles. The van der Waals surface area contributed by atoms with Crippen LogP contribution in [0.1, 0.15) is 24.1 Å². The van der Waals surface area contributed by atoms with E-state index in [9.17, 15) is 18.0 Å². The lowest BCUT2D eigenvalue weighted by Crippen LogP contribution is -2.25. The van der Waals surface area contributed by atoms with Crippen LogP contribution in [0.3, 0.4) is 0 Å². The number of pyridine rings is 1. The zero-order valence-electron chi connectivity index (χ0n) is 9.37. The summed E-state index contributed by atoms with van der Waals surface area (Å²) in [6.07, 6.45) is -2.54. The molecule has 7 heteroatoms. The molecule has 2 rings (SSSR count). The van der Waals surface area contributed by atoms with Crippen molar-refractivity contribution in [3.8, 4) is 0 Å². The lowest BCUT2D eigenvalue weighted by Gasteiger charge is -2.19. The van der Waals surface area contributed by atoms with Crippen molar-refractivity contribution in [3.63, 3.8) is 0 Å². The molecule has 0 aliphatic carbocycles. The standard InChI is InChI=1S/C11H11F3N2O2/c12-11(13,14)9-4-7(6-17)8(5-15-9)16-3-1-2-10(16)18/h4-5,17H,1-3,6H2. The number of aromatic nitrogens is 1. The van der Waals surface area contributed by atoms with Crippen LogP contribution in [0.5, 0.6) is 0 Å². The maximum atomic E-state index is 12.5. The number of hydrogen-bond acceptors (Lipinski definition) is 3. The third-order valence-electron chi connectivity index (χ3n) is 2.79. The molecular weight excluding hydrogens is 249 g/mol. The second kappa shape index (κ2) is 4.56. The van der Waals surface area contributed by atoms with Crippen molar-refractivity contribution in [1.29, 1.82) is 0 Å². The van der Waals surface area contributed by atoms with E-state index in [0.717, 1.165) is 12.3 Å². The predicted octanol–water partition coefficient (Wildman–Crippen LogP) is 1.72. The third-order valence-corrected chi connectivity index (χ3v) is 2.79. The highest BCUT2D eigenvalue weighted by atomic mass is 19.4. The minimum absolute atomic E-state index is 0.0626. The minimum Gasteiger partial charge on any atom is -0.392 e. The molecule has 4 nitrogen and oxygen atoms in total. The number of hydrogen-bond donors (Lipinski definition) is 1. The summed E-state index contributed by atoms with van der Waals surface area (Å²) < 4.78 is 37.4. The van der Waals surface area contributed by atoms with Crippen molar-refractivity contribution < 1.29 is 23.1 Å². The molecule has 1 aromatic rings. The molecule has 0 bridgehead atoms. The smallest absolute Gasteiger partial charge is 0.392 e. The number of nitrogens with zero attached hydrogens (tertiary/aromatic N) is 2. The lowest BCUT2D eigenvalue weighted by atomic mass is 10.2. The van der Waals surface area contributed by atoms with Gasteiger partial charge in [0.25, 0.3) is 0 Å². The van der Waals surface area contributed by atoms with Gasteiger partial charge in [-0.2, -0.15) is 13.2 Å². The number of carbonyl (C=O) groups is 1. The van der Waals surface area contributed by atoms with Gasteiger partial charge in [0.1, 0.15) is 5.69 Å². The van der Waals surface area contributed by atoms with Gasteiger partial charge in [0.15, 0.2) is 0 Å². The molecule has 0 aromatic carbocycles. The molecule has 1 amide bonds. The average Bonchev–Trinajstić information content (AvgIpc) is 2.73. The van der Waals surface area contributed by atoms with E-state index in [1.54, 1.807) is 0 Å². The number of halogens is 3. The predicted molar refractivity (Wildman–Crippen MR) is 56.7 cm³/mol. The SMILES string of the molecule is O=C1CCCN1c1cnc(C(F)(F)F)cc1CO. The van der Waals surface area contributed by atoms with Gasteiger partial charge in [-0.15, -0.1) is 0 Å². The van der Waals surface area contributed by atoms with Crippen molar-refractivity contribution in [1.82, 2.24) is 4.98 Å². The lowest BCUT2D eigenvalue weighted by molar-refractivity contribution is -0.141. The monoisotopic (exact) mass is 260 g/mol. The first-order valence-corrected chi connectivity index (χ1v) is 5.41. The fourth-order valence-electron chi connectivity index (χ4n) is 1.92. The van der Waals surface area contributed by atoms with Gasteiger partial charge >= 0.3 is 6.18 Å². The number of rotatable bonds is 2. The van der Waals surface area contributed by atoms with Crippen LogP contribution in [0.15, 0.2) is 12.3 Å². The first kappa shape index (κ1) is 12.8. The highest BCUT2D eigenvalue weighted by Crippen LogP contribution is 2.32. The van der Waals surface area contributed by atoms with Crippen LogP contribution in [-0.4, -0.2) is 22.5 Å². The van der Waals surface area contributed by atoms with Crippen molar-refractivity contribution >= 4 is 11.6 Å². The Kier molecular flexibility index (Phi) is 3.25. The molecule has 0 unspecified atom stereocenters. The zero-order chi connectivity index (χ0) is 13.3. The van der Waals surface area contributed by atoms with E-state index >= 15 is 0 Å². The molecule has 2 heterocycles. The summed E-state index contributed by atoms with van der Waals surface area (Å²) >= 11 is 0. The highest BCUT2D eigenvalue weighted by molar-refractivity contribution is 5.95. The summed E-state index contributed by atoms with van der Waals surface area (Å²) in [4.78, 5) is 16.2. The maximum Gasteiger partial charge on any atom is 0.433 e. The van der Waals surface area contributed by atoms with E-state index in [0.29, 0.717) is 19.4 Å². The zero-order valence-corrected chi connectivity index (χ0v) is 9.37. The van der Waals surface area contributed by atoms with Crippen LogP contribution >= 0.6 is 0 Å². The fourth-order valence-corrected chi connectivity index (χ4v) is 1.92. The van der Waals surface area contributed by atoms with Gasteiger partial charge in [0.2, 0.25) is 5.91 Å². The van der Waals surface area contributed by atoms with Crippen LogP contribution in [0, 0.1) is 0 Å². The normalized spacial score (nSPS) is 16.4. The maximum absolute atomic E-state index is 12.5. The molecule has 98 valence electrons.